The van der Waals surface area contributed by atoms with Gasteiger partial charge in [-0.05, 0) is 111 Å². The van der Waals surface area contributed by atoms with Gasteiger partial charge in [0.05, 0.1) is 42.7 Å². The highest BCUT2D eigenvalue weighted by molar-refractivity contribution is 5.23. The van der Waals surface area contributed by atoms with Crippen LogP contribution in [0.4, 0.5) is 0 Å². The zero-order chi connectivity index (χ0) is 40.8. The summed E-state index contributed by atoms with van der Waals surface area (Å²) in [5, 5.41) is 110. The molecule has 0 aromatic rings. The van der Waals surface area contributed by atoms with Crippen LogP contribution in [-0.2, 0) is 18.9 Å². The molecule has 2 heterocycles. The van der Waals surface area contributed by atoms with Crippen molar-refractivity contribution in [1.82, 2.24) is 0 Å². The summed E-state index contributed by atoms with van der Waals surface area (Å²) in [4.78, 5) is 0. The Bertz CT molecular complexity index is 1380. The van der Waals surface area contributed by atoms with Crippen molar-refractivity contribution in [3.05, 3.63) is 12.2 Å². The average molecular weight is 787 g/mol. The zero-order valence-electron chi connectivity index (χ0n) is 33.9. The van der Waals surface area contributed by atoms with E-state index >= 15 is 0 Å². The Hall–Kier alpha value is -0.820. The lowest BCUT2D eigenvalue weighted by Crippen LogP contribution is -2.71. The van der Waals surface area contributed by atoms with Crippen LogP contribution >= 0.6 is 0 Å². The second-order valence-electron chi connectivity index (χ2n) is 20.3. The van der Waals surface area contributed by atoms with Gasteiger partial charge in [0, 0.05) is 0 Å². The summed E-state index contributed by atoms with van der Waals surface area (Å²) < 4.78 is 24.7. The molecule has 0 unspecified atom stereocenters. The third kappa shape index (κ3) is 7.30. The van der Waals surface area contributed by atoms with Gasteiger partial charge in [0.25, 0.3) is 0 Å². The number of rotatable bonds is 9. The van der Waals surface area contributed by atoms with E-state index in [1.807, 2.05) is 19.9 Å². The quantitative estimate of drug-likeness (QED) is 0.115. The fourth-order valence-electron chi connectivity index (χ4n) is 12.9. The number of aliphatic hydroxyl groups excluding tert-OH is 8. The van der Waals surface area contributed by atoms with Crippen LogP contribution in [-0.4, -0.2) is 149 Å². The summed E-state index contributed by atoms with van der Waals surface area (Å²) in [5.74, 6) is -0.843. The average Bonchev–Trinajstić information content (AvgIpc) is 3.47. The Kier molecular flexibility index (Phi) is 11.9. The van der Waals surface area contributed by atoms with Crippen molar-refractivity contribution in [2.45, 2.75) is 185 Å². The van der Waals surface area contributed by atoms with E-state index in [0.29, 0.717) is 38.5 Å². The monoisotopic (exact) mass is 786 g/mol. The molecule has 4 aliphatic carbocycles. The molecule has 4 saturated carbocycles. The lowest BCUT2D eigenvalue weighted by atomic mass is 9.34. The van der Waals surface area contributed by atoms with E-state index in [1.54, 1.807) is 26.8 Å². The van der Waals surface area contributed by atoms with Gasteiger partial charge in [-0.15, -0.1) is 0 Å². The highest BCUT2D eigenvalue weighted by Crippen LogP contribution is 2.76. The molecule has 0 spiro atoms. The lowest BCUT2D eigenvalue weighted by molar-refractivity contribution is -0.377. The summed E-state index contributed by atoms with van der Waals surface area (Å²) in [6.45, 7) is 15.0. The van der Waals surface area contributed by atoms with Crippen molar-refractivity contribution < 1.29 is 70.0 Å². The molecule has 10 N–H and O–H groups in total. The first-order chi connectivity index (χ1) is 25.3. The molecule has 0 bridgehead atoms. The smallest absolute Gasteiger partial charge is 0.187 e. The lowest BCUT2D eigenvalue weighted by Gasteiger charge is -2.72. The van der Waals surface area contributed by atoms with Crippen molar-refractivity contribution >= 4 is 0 Å². The summed E-state index contributed by atoms with van der Waals surface area (Å²) in [7, 11) is 0. The molecule has 6 rings (SSSR count). The van der Waals surface area contributed by atoms with Crippen LogP contribution in [0, 0.1) is 45.3 Å². The van der Waals surface area contributed by atoms with E-state index in [0.717, 1.165) is 6.42 Å². The van der Waals surface area contributed by atoms with Crippen LogP contribution in [0.2, 0.25) is 0 Å². The van der Waals surface area contributed by atoms with E-state index in [2.05, 4.69) is 20.8 Å². The fourth-order valence-corrected chi connectivity index (χ4v) is 12.9. The van der Waals surface area contributed by atoms with Gasteiger partial charge in [-0.1, -0.05) is 46.8 Å². The first kappa shape index (κ1) is 43.8. The minimum atomic E-state index is -1.70. The van der Waals surface area contributed by atoms with Gasteiger partial charge in [-0.2, -0.15) is 0 Å². The van der Waals surface area contributed by atoms with Crippen LogP contribution < -0.4 is 0 Å². The van der Waals surface area contributed by atoms with E-state index in [4.69, 9.17) is 18.9 Å². The van der Waals surface area contributed by atoms with Crippen molar-refractivity contribution in [2.24, 2.45) is 45.3 Å². The Labute approximate surface area is 325 Å². The molecule has 55 heavy (non-hydrogen) atoms. The van der Waals surface area contributed by atoms with E-state index in [1.165, 1.54) is 0 Å². The van der Waals surface area contributed by atoms with Crippen LogP contribution in [0.15, 0.2) is 12.2 Å². The molecule has 0 amide bonds. The molecule has 318 valence electrons. The highest BCUT2D eigenvalue weighted by atomic mass is 16.8. The normalized spacial score (nSPS) is 52.6. The molecule has 20 atom stereocenters. The number of ether oxygens (including phenoxy) is 4. The van der Waals surface area contributed by atoms with Crippen molar-refractivity contribution in [3.63, 3.8) is 0 Å². The Balaban J connectivity index is 1.38. The Morgan fingerprint density at radius 3 is 2.09 bits per heavy atom. The Morgan fingerprint density at radius 1 is 0.782 bits per heavy atom. The summed E-state index contributed by atoms with van der Waals surface area (Å²) in [6, 6.07) is 0. The molecular weight excluding hydrogens is 716 g/mol. The molecule has 6 aliphatic rings. The van der Waals surface area contributed by atoms with Crippen LogP contribution in [0.5, 0.6) is 0 Å². The predicted octanol–water partition coefficient (Wildman–Crippen LogP) is 0.730. The predicted molar refractivity (Wildman–Crippen MR) is 198 cm³/mol. The largest absolute Gasteiger partial charge is 0.394 e. The van der Waals surface area contributed by atoms with Gasteiger partial charge in [-0.25, -0.2) is 0 Å². The van der Waals surface area contributed by atoms with Gasteiger partial charge < -0.3 is 70.0 Å². The van der Waals surface area contributed by atoms with Crippen LogP contribution in [0.1, 0.15) is 100 Å². The van der Waals surface area contributed by atoms with Gasteiger partial charge >= 0.3 is 0 Å². The molecule has 2 aliphatic heterocycles. The first-order valence-corrected chi connectivity index (χ1v) is 20.4. The molecule has 14 nitrogen and oxygen atoms in total. The van der Waals surface area contributed by atoms with Gasteiger partial charge in [0.1, 0.15) is 42.7 Å². The molecule has 2 saturated heterocycles. The standard InChI is InChI=1S/C41H70O14/c1-36(2,50)12-9-13-41(8,51)20-10-15-39(6)27(20)21(43)16-25-38(5)14-11-26(45)37(3,4)33(38)23(17-40(25,39)7)53-35-32(30(48)29(47)24(18-42)54-35)55-34-31(49)28(46)22(44)19-52-34/h9,13,20-35,42-51H,10-12,14-19H2,1-8H3/b13-9+/t20-,21+,22+,23-,24+,25+,26-,27-,28-,29+,30-,31+,32+,33-,34-,35+,38+,39+,40+,41-/m0/s1. The maximum absolute atomic E-state index is 12.2. The van der Waals surface area contributed by atoms with Crippen LogP contribution in [0.25, 0.3) is 0 Å². The number of hydrogen-bond donors (Lipinski definition) is 10. The SMILES string of the molecule is CC(C)(O)C/C=C/[C@](C)(O)[C@H]1CC[C@]2(C)[C@@H]1[C@H](O)C[C@@H]1[C@@]3(C)CC[C@H](O)C(C)(C)[C@@H]3[C@@H](O[C@@H]3O[C@H](CO)[C@@H](O)[C@H](O)[C@H]3O[C@@H]3OC[C@@H](O)[C@H](O)[C@H]3O)C[C@]12C. The molecular formula is C41H70O14. The van der Waals surface area contributed by atoms with Crippen LogP contribution in [0.3, 0.4) is 0 Å². The third-order valence-electron chi connectivity index (χ3n) is 15.9. The molecule has 14 heteroatoms. The number of hydrogen-bond acceptors (Lipinski definition) is 14. The minimum absolute atomic E-state index is 0.00192. The van der Waals surface area contributed by atoms with E-state index in [9.17, 15) is 51.1 Å². The van der Waals surface area contributed by atoms with E-state index < -0.39 is 113 Å². The topological polar surface area (TPSA) is 239 Å². The second-order valence-corrected chi connectivity index (χ2v) is 20.3. The summed E-state index contributed by atoms with van der Waals surface area (Å²) >= 11 is 0. The van der Waals surface area contributed by atoms with Gasteiger partial charge in [-0.3, -0.25) is 0 Å². The maximum Gasteiger partial charge on any atom is 0.187 e. The van der Waals surface area contributed by atoms with Crippen molar-refractivity contribution in [3.8, 4) is 0 Å². The molecule has 0 aromatic heterocycles. The summed E-state index contributed by atoms with van der Waals surface area (Å²) in [6.07, 6.45) is -8.08. The second kappa shape index (κ2) is 15.0. The molecule has 0 aromatic carbocycles. The summed E-state index contributed by atoms with van der Waals surface area (Å²) in [5.41, 5.74) is -4.29. The van der Waals surface area contributed by atoms with Gasteiger partial charge in [0.2, 0.25) is 0 Å². The minimum Gasteiger partial charge on any atom is -0.394 e. The fraction of sp³-hybridized carbons (Fsp3) is 0.951. The highest BCUT2D eigenvalue weighted by Gasteiger charge is 2.73. The maximum atomic E-state index is 12.2. The number of fused-ring (bicyclic) bond motifs is 5. The van der Waals surface area contributed by atoms with Crippen molar-refractivity contribution in [2.75, 3.05) is 13.2 Å². The van der Waals surface area contributed by atoms with Gasteiger partial charge in [0.15, 0.2) is 12.6 Å². The molecule has 0 radical (unpaired) electrons. The third-order valence-corrected chi connectivity index (χ3v) is 15.9. The number of aliphatic hydroxyl groups is 10. The Morgan fingerprint density at radius 2 is 1.45 bits per heavy atom. The molecule has 6 fully saturated rings. The van der Waals surface area contributed by atoms with Crippen molar-refractivity contribution in [1.29, 1.82) is 0 Å². The zero-order valence-corrected chi connectivity index (χ0v) is 33.9. The first-order valence-electron chi connectivity index (χ1n) is 20.4. The van der Waals surface area contributed by atoms with E-state index in [-0.39, 0.29) is 30.3 Å².